The molecule has 2 aromatic carbocycles. The first kappa shape index (κ1) is 20.0. The van der Waals surface area contributed by atoms with Gasteiger partial charge in [0.05, 0.1) is 0 Å². The number of nitrogens with one attached hydrogen (secondary N) is 1. The van der Waals surface area contributed by atoms with Gasteiger partial charge in [0, 0.05) is 17.5 Å². The third-order valence-corrected chi connectivity index (χ3v) is 6.19. The Hall–Kier alpha value is -3.26. The molecule has 0 radical (unpaired) electrons. The van der Waals surface area contributed by atoms with Crippen molar-refractivity contribution in [3.05, 3.63) is 64.7 Å². The number of thioether (sulfide) groups is 1. The van der Waals surface area contributed by atoms with E-state index in [1.54, 1.807) is 16.7 Å². The number of nitrogen functional groups attached to an aromatic ring is 1. The molecule has 1 aliphatic heterocycles. The maximum atomic E-state index is 13.6. The van der Waals surface area contributed by atoms with Crippen molar-refractivity contribution >= 4 is 40.9 Å². The molecular weight excluding hydrogens is 398 g/mol. The summed E-state index contributed by atoms with van der Waals surface area (Å²) in [6, 6.07) is 13.7. The number of anilines is 3. The average Bonchev–Trinajstić information content (AvgIpc) is 3.11. The van der Waals surface area contributed by atoms with Crippen LogP contribution in [0.15, 0.2) is 47.4 Å². The molecule has 1 aromatic heterocycles. The summed E-state index contributed by atoms with van der Waals surface area (Å²) >= 11 is 1.63. The fourth-order valence-corrected chi connectivity index (χ4v) is 4.13. The van der Waals surface area contributed by atoms with Crippen LogP contribution in [0, 0.1) is 13.8 Å². The summed E-state index contributed by atoms with van der Waals surface area (Å²) in [5, 5.41) is 6.84. The van der Waals surface area contributed by atoms with Gasteiger partial charge in [0.1, 0.15) is 17.5 Å². The number of aromatic nitrogens is 2. The van der Waals surface area contributed by atoms with E-state index in [1.165, 1.54) is 11.8 Å². The van der Waals surface area contributed by atoms with Gasteiger partial charge in [-0.2, -0.15) is 5.10 Å². The van der Waals surface area contributed by atoms with E-state index in [0.29, 0.717) is 5.69 Å². The Labute approximate surface area is 179 Å². The fourth-order valence-electron chi connectivity index (χ4n) is 3.72. The SMILES string of the molecule is CSc1ccc(C2N(c3ccc(C)c(C)c3)C(=O)c3c(n[nH]c3N)N2C(C)=O)cc1. The number of carbonyl (C=O) groups excluding carboxylic acids is 2. The van der Waals surface area contributed by atoms with Gasteiger partial charge in [0.2, 0.25) is 5.91 Å². The van der Waals surface area contributed by atoms with Crippen LogP contribution in [0.2, 0.25) is 0 Å². The number of nitrogens with two attached hydrogens (primary N) is 1. The fraction of sp³-hybridized carbons (Fsp3) is 0.227. The minimum Gasteiger partial charge on any atom is -0.383 e. The Balaban J connectivity index is 1.97. The minimum absolute atomic E-state index is 0.145. The highest BCUT2D eigenvalue weighted by molar-refractivity contribution is 7.98. The molecule has 154 valence electrons. The first-order valence-electron chi connectivity index (χ1n) is 9.52. The van der Waals surface area contributed by atoms with Crippen molar-refractivity contribution in [1.29, 1.82) is 0 Å². The van der Waals surface area contributed by atoms with E-state index in [4.69, 9.17) is 5.73 Å². The number of hydrogen-bond donors (Lipinski definition) is 2. The first-order chi connectivity index (χ1) is 14.3. The van der Waals surface area contributed by atoms with Gasteiger partial charge in [-0.05, 0) is 61.1 Å². The van der Waals surface area contributed by atoms with E-state index in [9.17, 15) is 9.59 Å². The smallest absolute Gasteiger partial charge is 0.267 e. The summed E-state index contributed by atoms with van der Waals surface area (Å²) < 4.78 is 0. The summed E-state index contributed by atoms with van der Waals surface area (Å²) in [7, 11) is 0. The second-order valence-electron chi connectivity index (χ2n) is 7.32. The van der Waals surface area contributed by atoms with Crippen LogP contribution in [0.25, 0.3) is 0 Å². The van der Waals surface area contributed by atoms with Crippen LogP contribution in [0.4, 0.5) is 17.3 Å². The number of benzene rings is 2. The number of amides is 2. The molecule has 30 heavy (non-hydrogen) atoms. The number of aromatic amines is 1. The van der Waals surface area contributed by atoms with Crippen LogP contribution in [0.3, 0.4) is 0 Å². The van der Waals surface area contributed by atoms with E-state index in [0.717, 1.165) is 21.6 Å². The van der Waals surface area contributed by atoms with Crippen molar-refractivity contribution in [2.45, 2.75) is 31.8 Å². The van der Waals surface area contributed by atoms with E-state index in [-0.39, 0.29) is 29.0 Å². The van der Waals surface area contributed by atoms with Crippen molar-refractivity contribution in [2.24, 2.45) is 0 Å². The average molecular weight is 422 g/mol. The lowest BCUT2D eigenvalue weighted by molar-refractivity contribution is -0.117. The summed E-state index contributed by atoms with van der Waals surface area (Å²) in [4.78, 5) is 30.6. The lowest BCUT2D eigenvalue weighted by atomic mass is 10.0. The Morgan fingerprint density at radius 1 is 1.13 bits per heavy atom. The van der Waals surface area contributed by atoms with Crippen LogP contribution in [-0.4, -0.2) is 28.3 Å². The Kier molecular flexibility index (Phi) is 5.03. The van der Waals surface area contributed by atoms with Crippen molar-refractivity contribution in [2.75, 3.05) is 21.8 Å². The molecule has 3 aromatic rings. The van der Waals surface area contributed by atoms with Gasteiger partial charge in [-0.25, -0.2) is 0 Å². The predicted octanol–water partition coefficient (Wildman–Crippen LogP) is 4.04. The monoisotopic (exact) mass is 421 g/mol. The van der Waals surface area contributed by atoms with Crippen LogP contribution >= 0.6 is 11.8 Å². The van der Waals surface area contributed by atoms with Crippen LogP contribution < -0.4 is 15.5 Å². The van der Waals surface area contributed by atoms with E-state index in [2.05, 4.69) is 10.2 Å². The number of H-pyrrole nitrogens is 1. The standard InChI is InChI=1S/C22H23N5O2S/c1-12-5-8-16(11-13(12)2)27-21(15-6-9-17(30-4)10-7-15)26(14(3)28)20-18(22(27)29)19(23)24-25-20/h5-11,21H,1-4H3,(H3,23,24,25). The molecule has 4 rings (SSSR count). The highest BCUT2D eigenvalue weighted by Crippen LogP contribution is 2.42. The molecule has 1 unspecified atom stereocenters. The molecule has 2 heterocycles. The van der Waals surface area contributed by atoms with Crippen LogP contribution in [0.1, 0.15) is 40.1 Å². The first-order valence-corrected chi connectivity index (χ1v) is 10.7. The third kappa shape index (κ3) is 3.13. The zero-order valence-electron chi connectivity index (χ0n) is 17.3. The molecule has 0 spiro atoms. The van der Waals surface area contributed by atoms with Crippen molar-refractivity contribution in [3.8, 4) is 0 Å². The topological polar surface area (TPSA) is 95.3 Å². The largest absolute Gasteiger partial charge is 0.383 e. The maximum Gasteiger partial charge on any atom is 0.267 e. The van der Waals surface area contributed by atoms with Crippen molar-refractivity contribution in [3.63, 3.8) is 0 Å². The molecular formula is C22H23N5O2S. The van der Waals surface area contributed by atoms with Gasteiger partial charge >= 0.3 is 0 Å². The van der Waals surface area contributed by atoms with Crippen LogP contribution in [0.5, 0.6) is 0 Å². The Bertz CT molecular complexity index is 1140. The molecule has 8 heteroatoms. The second kappa shape index (κ2) is 7.53. The number of fused-ring (bicyclic) bond motifs is 1. The summed E-state index contributed by atoms with van der Waals surface area (Å²) in [6.45, 7) is 5.48. The van der Waals surface area contributed by atoms with Gasteiger partial charge in [-0.3, -0.25) is 24.5 Å². The second-order valence-corrected chi connectivity index (χ2v) is 8.20. The highest BCUT2D eigenvalue weighted by Gasteiger charge is 2.44. The molecule has 1 aliphatic rings. The van der Waals surface area contributed by atoms with Gasteiger partial charge < -0.3 is 5.73 Å². The number of rotatable bonds is 3. The Morgan fingerprint density at radius 3 is 2.43 bits per heavy atom. The number of aryl methyl sites for hydroxylation is 2. The van der Waals surface area contributed by atoms with Crippen molar-refractivity contribution in [1.82, 2.24) is 10.2 Å². The molecule has 0 bridgehead atoms. The minimum atomic E-state index is -0.678. The molecule has 0 saturated heterocycles. The van der Waals surface area contributed by atoms with Gasteiger partial charge in [-0.1, -0.05) is 18.2 Å². The molecule has 3 N–H and O–H groups in total. The number of hydrogen-bond acceptors (Lipinski definition) is 5. The molecule has 0 saturated carbocycles. The van der Waals surface area contributed by atoms with Crippen LogP contribution in [-0.2, 0) is 4.79 Å². The normalized spacial score (nSPS) is 16.0. The predicted molar refractivity (Wildman–Crippen MR) is 120 cm³/mol. The van der Waals surface area contributed by atoms with E-state index < -0.39 is 6.17 Å². The summed E-state index contributed by atoms with van der Waals surface area (Å²) in [5.41, 5.74) is 9.91. The molecule has 7 nitrogen and oxygen atoms in total. The maximum absolute atomic E-state index is 13.6. The lowest BCUT2D eigenvalue weighted by Gasteiger charge is -2.42. The zero-order valence-corrected chi connectivity index (χ0v) is 18.1. The lowest BCUT2D eigenvalue weighted by Crippen LogP contribution is -2.51. The molecule has 0 aliphatic carbocycles. The summed E-state index contributed by atoms with van der Waals surface area (Å²) in [6.07, 6.45) is 1.32. The highest BCUT2D eigenvalue weighted by atomic mass is 32.2. The van der Waals surface area contributed by atoms with Gasteiger partial charge in [0.25, 0.3) is 5.91 Å². The zero-order chi connectivity index (χ0) is 21.6. The van der Waals surface area contributed by atoms with Crippen molar-refractivity contribution < 1.29 is 9.59 Å². The quantitative estimate of drug-likeness (QED) is 0.622. The number of nitrogens with zero attached hydrogens (tertiary/aromatic N) is 3. The Morgan fingerprint density at radius 2 is 1.83 bits per heavy atom. The summed E-state index contributed by atoms with van der Waals surface area (Å²) in [5.74, 6) is -0.130. The number of carbonyl (C=O) groups is 2. The van der Waals surface area contributed by atoms with E-state index in [1.807, 2.05) is 62.6 Å². The molecule has 2 amide bonds. The molecule has 1 atom stereocenters. The third-order valence-electron chi connectivity index (χ3n) is 5.45. The van der Waals surface area contributed by atoms with E-state index >= 15 is 0 Å². The van der Waals surface area contributed by atoms with Gasteiger partial charge in [-0.15, -0.1) is 11.8 Å². The van der Waals surface area contributed by atoms with Gasteiger partial charge in [0.15, 0.2) is 5.82 Å². The molecule has 0 fully saturated rings.